The third-order valence-corrected chi connectivity index (χ3v) is 0.706. The lowest BCUT2D eigenvalue weighted by Gasteiger charge is -1.84. The van der Waals surface area contributed by atoms with Gasteiger partial charge in [0.15, 0.2) is 0 Å². The van der Waals surface area contributed by atoms with Crippen LogP contribution in [-0.2, 0) is 0 Å². The van der Waals surface area contributed by atoms with Crippen LogP contribution in [0.4, 0.5) is 4.39 Å². The van der Waals surface area contributed by atoms with Gasteiger partial charge in [-0.05, 0) is 24.2 Å². The first kappa shape index (κ1) is 2.49. The summed E-state index contributed by atoms with van der Waals surface area (Å²) in [5.41, 5.74) is -0.434. The van der Waals surface area contributed by atoms with E-state index >= 15 is 0 Å². The summed E-state index contributed by atoms with van der Waals surface area (Å²) in [5.74, 6) is -1.23. The summed E-state index contributed by atoms with van der Waals surface area (Å²) in [6.07, 6.45) is 0. The predicted octanol–water partition coefficient (Wildman–Crippen LogP) is 1.70. The van der Waals surface area contributed by atoms with Crippen molar-refractivity contribution in [3.8, 4) is 6.07 Å². The van der Waals surface area contributed by atoms with Crippen LogP contribution in [0.15, 0.2) is 24.2 Å². The van der Waals surface area contributed by atoms with E-state index in [4.69, 9.17) is 10.7 Å². The number of nitriles is 1. The molecule has 1 aromatic carbocycles. The van der Waals surface area contributed by atoms with Crippen molar-refractivity contribution in [3.05, 3.63) is 35.6 Å². The molecule has 0 atom stereocenters. The van der Waals surface area contributed by atoms with Gasteiger partial charge in [0.1, 0.15) is 5.82 Å². The topological polar surface area (TPSA) is 23.8 Å². The van der Waals surface area contributed by atoms with Crippen LogP contribution >= 0.6 is 0 Å². The largest absolute Gasteiger partial charge is 0.207 e. The molecule has 1 aromatic rings. The number of halogens is 1. The Balaban J connectivity index is 3.69. The fraction of sp³-hybridized carbons (Fsp3) is 0. The lowest BCUT2D eigenvalue weighted by atomic mass is 10.2. The SMILES string of the molecule is [2H]c1c([2H])c(C#N)c([2H])c([2H])c1F. The molecule has 0 aliphatic rings. The van der Waals surface area contributed by atoms with Gasteiger partial charge < -0.3 is 0 Å². The van der Waals surface area contributed by atoms with Crippen molar-refractivity contribution < 1.29 is 9.87 Å². The highest BCUT2D eigenvalue weighted by molar-refractivity contribution is 5.28. The van der Waals surface area contributed by atoms with Gasteiger partial charge in [0.2, 0.25) is 0 Å². The molecule has 0 radical (unpaired) electrons. The van der Waals surface area contributed by atoms with Crippen LogP contribution in [0.2, 0.25) is 0 Å². The van der Waals surface area contributed by atoms with Crippen LogP contribution in [0.3, 0.4) is 0 Å². The van der Waals surface area contributed by atoms with Crippen molar-refractivity contribution >= 4 is 0 Å². The number of benzene rings is 1. The maximum absolute atomic E-state index is 12.8. The second-order valence-corrected chi connectivity index (χ2v) is 1.30. The first-order valence-corrected chi connectivity index (χ1v) is 2.16. The quantitative estimate of drug-likeness (QED) is 0.517. The van der Waals surface area contributed by atoms with Crippen molar-refractivity contribution in [2.45, 2.75) is 0 Å². The Bertz CT molecular complexity index is 381. The van der Waals surface area contributed by atoms with E-state index in [0.717, 1.165) is 0 Å². The van der Waals surface area contributed by atoms with Gasteiger partial charge in [-0.3, -0.25) is 0 Å². The number of rotatable bonds is 0. The first-order valence-electron chi connectivity index (χ1n) is 4.16. The molecule has 0 N–H and O–H groups in total. The van der Waals surface area contributed by atoms with Crippen molar-refractivity contribution in [3.63, 3.8) is 0 Å². The van der Waals surface area contributed by atoms with Crippen molar-refractivity contribution in [2.75, 3.05) is 0 Å². The van der Waals surface area contributed by atoms with Crippen LogP contribution in [0.25, 0.3) is 0 Å². The Morgan fingerprint density at radius 1 is 1.44 bits per heavy atom. The fourth-order valence-corrected chi connectivity index (χ4v) is 0.353. The van der Waals surface area contributed by atoms with Crippen LogP contribution in [0.5, 0.6) is 0 Å². The molecule has 0 saturated carbocycles. The summed E-state index contributed by atoms with van der Waals surface area (Å²) in [7, 11) is 0. The summed E-state index contributed by atoms with van der Waals surface area (Å²) in [6.45, 7) is 0. The maximum atomic E-state index is 12.8. The molecule has 0 heterocycles. The van der Waals surface area contributed by atoms with Gasteiger partial charge in [-0.15, -0.1) is 0 Å². The Morgan fingerprint density at radius 3 is 2.44 bits per heavy atom. The summed E-state index contributed by atoms with van der Waals surface area (Å²) in [6, 6.07) is -1.40. The minimum absolute atomic E-state index is 0.434. The molecule has 1 rings (SSSR count). The summed E-state index contributed by atoms with van der Waals surface area (Å²) in [5, 5.41) is 8.46. The van der Waals surface area contributed by atoms with Crippen LogP contribution in [-0.4, -0.2) is 0 Å². The lowest BCUT2D eigenvalue weighted by Crippen LogP contribution is -1.73. The Hall–Kier alpha value is -1.36. The monoisotopic (exact) mass is 125 g/mol. The Kier molecular flexibility index (Phi) is 0.628. The molecule has 0 aromatic heterocycles. The highest BCUT2D eigenvalue weighted by Crippen LogP contribution is 1.99. The van der Waals surface area contributed by atoms with E-state index in [1.165, 1.54) is 6.07 Å². The van der Waals surface area contributed by atoms with Gasteiger partial charge in [-0.1, -0.05) is 0 Å². The maximum Gasteiger partial charge on any atom is 0.123 e. The van der Waals surface area contributed by atoms with E-state index in [-0.39, 0.29) is 0 Å². The average molecular weight is 125 g/mol. The first-order chi connectivity index (χ1) is 6.00. The number of hydrogen-bond donors (Lipinski definition) is 0. The molecule has 0 amide bonds. The summed E-state index contributed by atoms with van der Waals surface area (Å²) in [4.78, 5) is 0. The van der Waals surface area contributed by atoms with Crippen molar-refractivity contribution in [2.24, 2.45) is 0 Å². The standard InChI is InChI=1S/C7H4FN/c8-7-3-1-6(5-9)2-4-7/h1-4H/i1D,2D,3D,4D. The molecule has 0 fully saturated rings. The van der Waals surface area contributed by atoms with Gasteiger partial charge in [-0.2, -0.15) is 5.26 Å². The Labute approximate surface area is 58.0 Å². The van der Waals surface area contributed by atoms with E-state index in [2.05, 4.69) is 0 Å². The lowest BCUT2D eigenvalue weighted by molar-refractivity contribution is 0.627. The average Bonchev–Trinajstić information content (AvgIpc) is 2.13. The van der Waals surface area contributed by atoms with Crippen LogP contribution < -0.4 is 0 Å². The summed E-state index contributed by atoms with van der Waals surface area (Å²) < 4.78 is 41.1. The second kappa shape index (κ2) is 2.27. The zero-order valence-corrected chi connectivity index (χ0v) is 4.33. The van der Waals surface area contributed by atoms with Gasteiger partial charge in [0, 0.05) is 0 Å². The van der Waals surface area contributed by atoms with E-state index in [1.54, 1.807) is 0 Å². The third-order valence-electron chi connectivity index (χ3n) is 0.706. The molecule has 0 unspecified atom stereocenters. The van der Waals surface area contributed by atoms with Crippen LogP contribution in [0, 0.1) is 17.1 Å². The van der Waals surface area contributed by atoms with E-state index in [9.17, 15) is 4.39 Å². The van der Waals surface area contributed by atoms with Crippen molar-refractivity contribution in [1.82, 2.24) is 0 Å². The molecule has 2 heteroatoms. The smallest absolute Gasteiger partial charge is 0.123 e. The summed E-state index contributed by atoms with van der Waals surface area (Å²) >= 11 is 0. The van der Waals surface area contributed by atoms with Gasteiger partial charge in [-0.25, -0.2) is 4.39 Å². The number of hydrogen-bond acceptors (Lipinski definition) is 1. The molecule has 44 valence electrons. The molecule has 0 aliphatic carbocycles. The molecule has 0 saturated heterocycles. The third kappa shape index (κ3) is 1.26. The molecule has 0 aliphatic heterocycles. The van der Waals surface area contributed by atoms with Crippen molar-refractivity contribution in [1.29, 1.82) is 5.26 Å². The highest BCUT2D eigenvalue weighted by atomic mass is 19.1. The second-order valence-electron chi connectivity index (χ2n) is 1.30. The molecule has 0 bridgehead atoms. The molecular weight excluding hydrogens is 117 g/mol. The minimum atomic E-state index is -1.23. The van der Waals surface area contributed by atoms with E-state index in [0.29, 0.717) is 0 Å². The zero-order valence-electron chi connectivity index (χ0n) is 8.33. The molecule has 1 nitrogen and oxygen atoms in total. The highest BCUT2D eigenvalue weighted by Gasteiger charge is 1.87. The molecule has 9 heavy (non-hydrogen) atoms. The van der Waals surface area contributed by atoms with Crippen LogP contribution in [0.1, 0.15) is 11.0 Å². The van der Waals surface area contributed by atoms with E-state index in [1.807, 2.05) is 0 Å². The zero-order chi connectivity index (χ0) is 10.2. The van der Waals surface area contributed by atoms with E-state index < -0.39 is 35.6 Å². The van der Waals surface area contributed by atoms with Gasteiger partial charge >= 0.3 is 0 Å². The minimum Gasteiger partial charge on any atom is -0.207 e. The van der Waals surface area contributed by atoms with Gasteiger partial charge in [0.25, 0.3) is 0 Å². The molecular formula is C7H4FN. The predicted molar refractivity (Wildman–Crippen MR) is 31.1 cm³/mol. The van der Waals surface area contributed by atoms with Gasteiger partial charge in [0.05, 0.1) is 17.1 Å². The Morgan fingerprint density at radius 2 is 2.00 bits per heavy atom. The fourth-order valence-electron chi connectivity index (χ4n) is 0.353. The normalized spacial score (nSPS) is 14.7. The molecule has 0 spiro atoms. The number of nitrogens with zero attached hydrogens (tertiary/aromatic N) is 1.